The molecule has 0 aliphatic heterocycles. The first-order valence-electron chi connectivity index (χ1n) is 8.98. The molecule has 0 saturated heterocycles. The number of rotatable bonds is 8. The lowest BCUT2D eigenvalue weighted by atomic mass is 10.0. The van der Waals surface area contributed by atoms with E-state index in [-0.39, 0.29) is 5.91 Å². The van der Waals surface area contributed by atoms with Crippen molar-refractivity contribution in [1.82, 2.24) is 9.88 Å². The highest BCUT2D eigenvalue weighted by molar-refractivity contribution is 7.99. The van der Waals surface area contributed by atoms with Gasteiger partial charge in [0, 0.05) is 30.7 Å². The summed E-state index contributed by atoms with van der Waals surface area (Å²) >= 11 is 1.67. The van der Waals surface area contributed by atoms with Crippen molar-refractivity contribution in [3.05, 3.63) is 65.5 Å². The zero-order valence-electron chi connectivity index (χ0n) is 15.0. The number of pyridine rings is 1. The van der Waals surface area contributed by atoms with Gasteiger partial charge in [-0.05, 0) is 41.5 Å². The van der Waals surface area contributed by atoms with Crippen molar-refractivity contribution < 1.29 is 4.79 Å². The van der Waals surface area contributed by atoms with E-state index in [0.29, 0.717) is 17.7 Å². The Morgan fingerprint density at radius 2 is 1.96 bits per heavy atom. The molecule has 1 heterocycles. The third kappa shape index (κ3) is 5.33. The number of aromatic nitrogens is 1. The van der Waals surface area contributed by atoms with E-state index in [1.54, 1.807) is 18.0 Å². The molecule has 2 aromatic rings. The molecule has 0 atom stereocenters. The zero-order valence-corrected chi connectivity index (χ0v) is 15.8. The SMILES string of the molecule is CC(C)c1ccc(CN(C(=O)CSCc2cccnc2)C2CC2)cc1. The monoisotopic (exact) mass is 354 g/mol. The van der Waals surface area contributed by atoms with Crippen molar-refractivity contribution in [3.63, 3.8) is 0 Å². The lowest BCUT2D eigenvalue weighted by Gasteiger charge is -2.23. The Morgan fingerprint density at radius 3 is 2.56 bits per heavy atom. The van der Waals surface area contributed by atoms with Crippen LogP contribution in [0.4, 0.5) is 0 Å². The van der Waals surface area contributed by atoms with Gasteiger partial charge < -0.3 is 4.90 Å². The molecule has 1 saturated carbocycles. The quantitative estimate of drug-likeness (QED) is 0.693. The highest BCUT2D eigenvalue weighted by atomic mass is 32.2. The Morgan fingerprint density at radius 1 is 1.20 bits per heavy atom. The second kappa shape index (κ2) is 8.52. The van der Waals surface area contributed by atoms with Crippen LogP contribution < -0.4 is 0 Å². The van der Waals surface area contributed by atoms with Gasteiger partial charge in [-0.25, -0.2) is 0 Å². The standard InChI is InChI=1S/C21H26N2OS/c1-16(2)19-7-5-17(6-8-19)13-23(20-9-10-20)21(24)15-25-14-18-4-3-11-22-12-18/h3-8,11-12,16,20H,9-10,13-15H2,1-2H3. The molecule has 1 fully saturated rings. The summed E-state index contributed by atoms with van der Waals surface area (Å²) < 4.78 is 0. The van der Waals surface area contributed by atoms with Crippen molar-refractivity contribution in [3.8, 4) is 0 Å². The lowest BCUT2D eigenvalue weighted by molar-refractivity contribution is -0.129. The van der Waals surface area contributed by atoms with Crippen LogP contribution >= 0.6 is 11.8 Å². The van der Waals surface area contributed by atoms with Gasteiger partial charge in [0.1, 0.15) is 0 Å². The second-order valence-electron chi connectivity index (χ2n) is 7.00. The van der Waals surface area contributed by atoms with Crippen LogP contribution in [-0.2, 0) is 17.1 Å². The highest BCUT2D eigenvalue weighted by Crippen LogP contribution is 2.29. The van der Waals surface area contributed by atoms with Gasteiger partial charge in [-0.15, -0.1) is 11.8 Å². The fraction of sp³-hybridized carbons (Fsp3) is 0.429. The summed E-state index contributed by atoms with van der Waals surface area (Å²) in [6.07, 6.45) is 5.93. The van der Waals surface area contributed by atoms with Crippen LogP contribution in [0.2, 0.25) is 0 Å². The van der Waals surface area contributed by atoms with Gasteiger partial charge in [0.25, 0.3) is 0 Å². The van der Waals surface area contributed by atoms with Crippen molar-refractivity contribution in [2.24, 2.45) is 0 Å². The van der Waals surface area contributed by atoms with E-state index in [0.717, 1.165) is 25.1 Å². The molecule has 0 bridgehead atoms. The van der Waals surface area contributed by atoms with E-state index in [1.807, 2.05) is 12.3 Å². The molecular weight excluding hydrogens is 328 g/mol. The van der Waals surface area contributed by atoms with Gasteiger partial charge in [-0.2, -0.15) is 0 Å². The third-order valence-corrected chi connectivity index (χ3v) is 5.51. The molecule has 132 valence electrons. The fourth-order valence-corrected chi connectivity index (χ4v) is 3.68. The van der Waals surface area contributed by atoms with Crippen LogP contribution in [0.3, 0.4) is 0 Å². The first-order valence-corrected chi connectivity index (χ1v) is 10.1. The molecule has 25 heavy (non-hydrogen) atoms. The fourth-order valence-electron chi connectivity index (χ4n) is 2.83. The summed E-state index contributed by atoms with van der Waals surface area (Å²) in [4.78, 5) is 18.9. The average Bonchev–Trinajstić information content (AvgIpc) is 3.46. The Labute approximate surface area is 154 Å². The Bertz CT molecular complexity index is 681. The summed E-state index contributed by atoms with van der Waals surface area (Å²) in [5.41, 5.74) is 3.74. The topological polar surface area (TPSA) is 33.2 Å². The van der Waals surface area contributed by atoms with Crippen molar-refractivity contribution in [1.29, 1.82) is 0 Å². The van der Waals surface area contributed by atoms with E-state index in [1.165, 1.54) is 16.7 Å². The number of carbonyl (C=O) groups is 1. The number of hydrogen-bond donors (Lipinski definition) is 0. The van der Waals surface area contributed by atoms with Gasteiger partial charge in [-0.1, -0.05) is 44.2 Å². The predicted molar refractivity (Wildman–Crippen MR) is 105 cm³/mol. The number of amides is 1. The lowest BCUT2D eigenvalue weighted by Crippen LogP contribution is -2.34. The minimum absolute atomic E-state index is 0.254. The largest absolute Gasteiger partial charge is 0.335 e. The van der Waals surface area contributed by atoms with Crippen molar-refractivity contribution in [2.45, 2.75) is 50.9 Å². The van der Waals surface area contributed by atoms with Crippen LogP contribution in [0.1, 0.15) is 49.3 Å². The second-order valence-corrected chi connectivity index (χ2v) is 7.99. The van der Waals surface area contributed by atoms with E-state index in [9.17, 15) is 4.79 Å². The van der Waals surface area contributed by atoms with Gasteiger partial charge in [0.2, 0.25) is 5.91 Å². The maximum atomic E-state index is 12.7. The molecule has 0 spiro atoms. The molecule has 0 radical (unpaired) electrons. The number of carbonyl (C=O) groups excluding carboxylic acids is 1. The van der Waals surface area contributed by atoms with Gasteiger partial charge >= 0.3 is 0 Å². The first kappa shape index (κ1) is 18.0. The molecule has 1 aliphatic rings. The van der Waals surface area contributed by atoms with Crippen LogP contribution in [0.5, 0.6) is 0 Å². The maximum absolute atomic E-state index is 12.7. The highest BCUT2D eigenvalue weighted by Gasteiger charge is 2.32. The first-order chi connectivity index (χ1) is 12.1. The predicted octanol–water partition coefficient (Wildman–Crippen LogP) is 4.63. The Balaban J connectivity index is 1.54. The summed E-state index contributed by atoms with van der Waals surface area (Å²) in [7, 11) is 0. The van der Waals surface area contributed by atoms with E-state index in [4.69, 9.17) is 0 Å². The normalized spacial score (nSPS) is 13.9. The van der Waals surface area contributed by atoms with Crippen LogP contribution in [0, 0.1) is 0 Å². The van der Waals surface area contributed by atoms with E-state index in [2.05, 4.69) is 54.1 Å². The number of hydrogen-bond acceptors (Lipinski definition) is 3. The van der Waals surface area contributed by atoms with Crippen LogP contribution in [0.25, 0.3) is 0 Å². The summed E-state index contributed by atoms with van der Waals surface area (Å²) in [5, 5.41) is 0. The number of benzene rings is 1. The minimum Gasteiger partial charge on any atom is -0.335 e. The van der Waals surface area contributed by atoms with Gasteiger partial charge in [0.15, 0.2) is 0 Å². The third-order valence-electron chi connectivity index (χ3n) is 4.52. The van der Waals surface area contributed by atoms with E-state index < -0.39 is 0 Å². The molecular formula is C21H26N2OS. The number of thioether (sulfide) groups is 1. The molecule has 1 aromatic heterocycles. The summed E-state index contributed by atoms with van der Waals surface area (Å²) in [6.45, 7) is 5.14. The maximum Gasteiger partial charge on any atom is 0.233 e. The van der Waals surface area contributed by atoms with Crippen molar-refractivity contribution in [2.75, 3.05) is 5.75 Å². The summed E-state index contributed by atoms with van der Waals surface area (Å²) in [6, 6.07) is 13.1. The molecule has 1 amide bonds. The number of nitrogens with zero attached hydrogens (tertiary/aromatic N) is 2. The van der Waals surface area contributed by atoms with Crippen molar-refractivity contribution >= 4 is 17.7 Å². The van der Waals surface area contributed by atoms with Gasteiger partial charge in [-0.3, -0.25) is 9.78 Å². The average molecular weight is 355 g/mol. The molecule has 3 rings (SSSR count). The van der Waals surface area contributed by atoms with Crippen LogP contribution in [-0.4, -0.2) is 27.6 Å². The molecule has 1 aromatic carbocycles. The Kier molecular flexibility index (Phi) is 6.14. The minimum atomic E-state index is 0.254. The molecule has 4 heteroatoms. The Hall–Kier alpha value is -1.81. The van der Waals surface area contributed by atoms with E-state index >= 15 is 0 Å². The molecule has 0 N–H and O–H groups in total. The zero-order chi connectivity index (χ0) is 17.6. The molecule has 1 aliphatic carbocycles. The smallest absolute Gasteiger partial charge is 0.233 e. The van der Waals surface area contributed by atoms with Crippen LogP contribution in [0.15, 0.2) is 48.8 Å². The molecule has 3 nitrogen and oxygen atoms in total. The molecule has 0 unspecified atom stereocenters. The summed E-state index contributed by atoms with van der Waals surface area (Å²) in [5.74, 6) is 2.17. The van der Waals surface area contributed by atoms with Gasteiger partial charge in [0.05, 0.1) is 5.75 Å².